The van der Waals surface area contributed by atoms with Gasteiger partial charge in [0.15, 0.2) is 0 Å². The van der Waals surface area contributed by atoms with Crippen molar-refractivity contribution in [3.05, 3.63) is 47.5 Å². The van der Waals surface area contributed by atoms with Gasteiger partial charge in [-0.15, -0.1) is 10.2 Å². The number of benzene rings is 1. The Bertz CT molecular complexity index is 550. The molecule has 2 aromatic rings. The van der Waals surface area contributed by atoms with E-state index in [9.17, 15) is 0 Å². The third-order valence-corrected chi connectivity index (χ3v) is 4.12. The van der Waals surface area contributed by atoms with Crippen LogP contribution in [0, 0.1) is 0 Å². The molecule has 2 heterocycles. The van der Waals surface area contributed by atoms with Crippen LogP contribution in [-0.4, -0.2) is 28.5 Å². The largest absolute Gasteiger partial charge is 0.384 e. The van der Waals surface area contributed by atoms with E-state index < -0.39 is 0 Å². The molecule has 1 aliphatic heterocycles. The predicted octanol–water partition coefficient (Wildman–Crippen LogP) is 2.59. The van der Waals surface area contributed by atoms with Crippen molar-refractivity contribution >= 4 is 0 Å². The number of methoxy groups -OCH3 is 1. The molecule has 0 aliphatic carbocycles. The summed E-state index contributed by atoms with van der Waals surface area (Å²) in [6.45, 7) is 1.72. The molecule has 1 unspecified atom stereocenters. The summed E-state index contributed by atoms with van der Waals surface area (Å²) in [5.41, 5.74) is 1.45. The Hall–Kier alpha value is -1.68. The van der Waals surface area contributed by atoms with Gasteiger partial charge in [-0.2, -0.15) is 0 Å². The average molecular weight is 271 g/mol. The lowest BCUT2D eigenvalue weighted by atomic mass is 9.92. The van der Waals surface area contributed by atoms with Crippen molar-refractivity contribution in [2.75, 3.05) is 13.7 Å². The molecule has 20 heavy (non-hydrogen) atoms. The molecule has 1 aromatic heterocycles. The Labute approximate surface area is 119 Å². The number of nitrogens with zero attached hydrogens (tertiary/aromatic N) is 3. The lowest BCUT2D eigenvalue weighted by Gasteiger charge is -2.14. The fraction of sp³-hybridized carbons (Fsp3) is 0.500. The van der Waals surface area contributed by atoms with Crippen molar-refractivity contribution in [1.82, 2.24) is 14.8 Å². The quantitative estimate of drug-likeness (QED) is 0.858. The van der Waals surface area contributed by atoms with Gasteiger partial charge < -0.3 is 9.30 Å². The maximum atomic E-state index is 5.15. The maximum Gasteiger partial charge on any atom is 0.135 e. The Morgan fingerprint density at radius 3 is 2.85 bits per heavy atom. The van der Waals surface area contributed by atoms with Crippen LogP contribution in [0.25, 0.3) is 0 Å². The lowest BCUT2D eigenvalue weighted by molar-refractivity contribution is 0.199. The van der Waals surface area contributed by atoms with Crippen molar-refractivity contribution in [2.24, 2.45) is 0 Å². The third-order valence-electron chi connectivity index (χ3n) is 4.12. The fourth-order valence-corrected chi connectivity index (χ4v) is 2.98. The van der Waals surface area contributed by atoms with E-state index in [1.54, 1.807) is 7.11 Å². The van der Waals surface area contributed by atoms with Gasteiger partial charge in [0.05, 0.1) is 6.61 Å². The fourth-order valence-electron chi connectivity index (χ4n) is 2.98. The first-order valence-electron chi connectivity index (χ1n) is 7.33. The van der Waals surface area contributed by atoms with E-state index in [2.05, 4.69) is 45.1 Å². The number of aromatic nitrogens is 3. The van der Waals surface area contributed by atoms with Gasteiger partial charge in [-0.1, -0.05) is 30.3 Å². The average Bonchev–Trinajstić information content (AvgIpc) is 2.75. The smallest absolute Gasteiger partial charge is 0.135 e. The monoisotopic (exact) mass is 271 g/mol. The van der Waals surface area contributed by atoms with E-state index in [1.165, 1.54) is 5.56 Å². The first-order chi connectivity index (χ1) is 9.88. The van der Waals surface area contributed by atoms with E-state index in [4.69, 9.17) is 4.74 Å². The number of aryl methyl sites for hydroxylation is 1. The summed E-state index contributed by atoms with van der Waals surface area (Å²) in [6.07, 6.45) is 4.18. The van der Waals surface area contributed by atoms with Crippen molar-refractivity contribution in [2.45, 2.75) is 38.1 Å². The second-order valence-electron chi connectivity index (χ2n) is 5.36. The molecule has 1 aliphatic rings. The second-order valence-corrected chi connectivity index (χ2v) is 5.36. The molecule has 4 nitrogen and oxygen atoms in total. The molecule has 0 saturated carbocycles. The van der Waals surface area contributed by atoms with Crippen LogP contribution in [0.3, 0.4) is 0 Å². The molecule has 0 spiro atoms. The Morgan fingerprint density at radius 2 is 2.05 bits per heavy atom. The zero-order valence-electron chi connectivity index (χ0n) is 12.0. The molecule has 0 radical (unpaired) electrons. The third kappa shape index (κ3) is 2.75. The molecule has 0 saturated heterocycles. The summed E-state index contributed by atoms with van der Waals surface area (Å²) in [5.74, 6) is 2.83. The van der Waals surface area contributed by atoms with Gasteiger partial charge in [-0.3, -0.25) is 0 Å². The molecule has 4 heteroatoms. The van der Waals surface area contributed by atoms with Crippen molar-refractivity contribution < 1.29 is 4.74 Å². The summed E-state index contributed by atoms with van der Waals surface area (Å²) in [7, 11) is 1.73. The molecular formula is C16H21N3O. The van der Waals surface area contributed by atoms with Crippen LogP contribution in [0.15, 0.2) is 30.3 Å². The van der Waals surface area contributed by atoms with E-state index >= 15 is 0 Å². The summed E-state index contributed by atoms with van der Waals surface area (Å²) in [4.78, 5) is 0. The molecule has 1 atom stereocenters. The molecule has 1 aromatic carbocycles. The van der Waals surface area contributed by atoms with E-state index in [1.807, 2.05) is 0 Å². The molecule has 106 valence electrons. The van der Waals surface area contributed by atoms with Crippen LogP contribution in [0.1, 0.15) is 36.0 Å². The summed E-state index contributed by atoms with van der Waals surface area (Å²) >= 11 is 0. The highest BCUT2D eigenvalue weighted by molar-refractivity contribution is 5.20. The Morgan fingerprint density at radius 1 is 1.20 bits per heavy atom. The van der Waals surface area contributed by atoms with E-state index in [0.717, 1.165) is 43.9 Å². The summed E-state index contributed by atoms with van der Waals surface area (Å²) in [5, 5.41) is 8.66. The Kier molecular flexibility index (Phi) is 4.11. The molecule has 0 amide bonds. The molecular weight excluding hydrogens is 250 g/mol. The SMILES string of the molecule is COCCc1nnc2n1CCC(c1ccccc1)CC2. The van der Waals surface area contributed by atoms with Gasteiger partial charge in [0.2, 0.25) is 0 Å². The normalized spacial score (nSPS) is 18.6. The number of hydrogen-bond donors (Lipinski definition) is 0. The number of ether oxygens (including phenoxy) is 1. The van der Waals surface area contributed by atoms with Gasteiger partial charge in [-0.05, 0) is 24.3 Å². The molecule has 3 rings (SSSR count). The van der Waals surface area contributed by atoms with Crippen LogP contribution >= 0.6 is 0 Å². The predicted molar refractivity (Wildman–Crippen MR) is 77.7 cm³/mol. The first kappa shape index (κ1) is 13.3. The highest BCUT2D eigenvalue weighted by Crippen LogP contribution is 2.28. The standard InChI is InChI=1S/C16H21N3O/c1-20-12-10-16-18-17-15-8-7-14(9-11-19(15)16)13-5-3-2-4-6-13/h2-6,14H,7-12H2,1H3. The first-order valence-corrected chi connectivity index (χ1v) is 7.33. The maximum absolute atomic E-state index is 5.15. The van der Waals surface area contributed by atoms with Gasteiger partial charge in [0, 0.05) is 26.5 Å². The van der Waals surface area contributed by atoms with Gasteiger partial charge >= 0.3 is 0 Å². The zero-order chi connectivity index (χ0) is 13.8. The van der Waals surface area contributed by atoms with Gasteiger partial charge in [0.25, 0.3) is 0 Å². The van der Waals surface area contributed by atoms with Crippen molar-refractivity contribution in [3.8, 4) is 0 Å². The number of fused-ring (bicyclic) bond motifs is 1. The van der Waals surface area contributed by atoms with Gasteiger partial charge in [-0.25, -0.2) is 0 Å². The van der Waals surface area contributed by atoms with Gasteiger partial charge in [0.1, 0.15) is 11.6 Å². The topological polar surface area (TPSA) is 39.9 Å². The van der Waals surface area contributed by atoms with Crippen LogP contribution in [0.5, 0.6) is 0 Å². The molecule has 0 N–H and O–H groups in total. The minimum Gasteiger partial charge on any atom is -0.384 e. The lowest BCUT2D eigenvalue weighted by Crippen LogP contribution is -2.09. The highest BCUT2D eigenvalue weighted by atomic mass is 16.5. The minimum atomic E-state index is 0.633. The van der Waals surface area contributed by atoms with Crippen LogP contribution in [0.2, 0.25) is 0 Å². The number of rotatable bonds is 4. The number of hydrogen-bond acceptors (Lipinski definition) is 3. The Balaban J connectivity index is 1.74. The van der Waals surface area contributed by atoms with Crippen LogP contribution in [-0.2, 0) is 24.1 Å². The van der Waals surface area contributed by atoms with E-state index in [0.29, 0.717) is 12.5 Å². The molecule has 0 fully saturated rings. The second kappa shape index (κ2) is 6.18. The van der Waals surface area contributed by atoms with Crippen LogP contribution < -0.4 is 0 Å². The van der Waals surface area contributed by atoms with E-state index in [-0.39, 0.29) is 0 Å². The summed E-state index contributed by atoms with van der Waals surface area (Å²) in [6, 6.07) is 10.8. The zero-order valence-corrected chi connectivity index (χ0v) is 12.0. The van der Waals surface area contributed by atoms with Crippen molar-refractivity contribution in [3.63, 3.8) is 0 Å². The summed E-state index contributed by atoms with van der Waals surface area (Å²) < 4.78 is 7.44. The highest BCUT2D eigenvalue weighted by Gasteiger charge is 2.20. The van der Waals surface area contributed by atoms with Crippen LogP contribution in [0.4, 0.5) is 0 Å². The molecule has 0 bridgehead atoms. The minimum absolute atomic E-state index is 0.633. The van der Waals surface area contributed by atoms with Crippen molar-refractivity contribution in [1.29, 1.82) is 0 Å².